The maximum atomic E-state index is 13.7. The van der Waals surface area contributed by atoms with Gasteiger partial charge in [0.05, 0.1) is 6.61 Å². The Bertz CT molecular complexity index is 1040. The summed E-state index contributed by atoms with van der Waals surface area (Å²) >= 11 is 0. The Hall–Kier alpha value is -3.39. The Kier molecular flexibility index (Phi) is 9.42. The molecule has 0 spiro atoms. The summed E-state index contributed by atoms with van der Waals surface area (Å²) in [6.45, 7) is 12.1. The molecule has 0 aliphatic rings. The Morgan fingerprint density at radius 3 is 2.14 bits per heavy atom. The van der Waals surface area contributed by atoms with E-state index in [4.69, 9.17) is 4.74 Å². The summed E-state index contributed by atoms with van der Waals surface area (Å²) in [6.07, 6.45) is -0.826. The first-order valence-corrected chi connectivity index (χ1v) is 11.7. The van der Waals surface area contributed by atoms with Crippen molar-refractivity contribution in [1.29, 1.82) is 0 Å². The first-order valence-electron chi connectivity index (χ1n) is 11.7. The number of nitrogens with zero attached hydrogens (tertiary/aromatic N) is 1. The number of aliphatic hydroxyl groups excluding tert-OH is 1. The van der Waals surface area contributed by atoms with E-state index in [9.17, 15) is 19.5 Å². The summed E-state index contributed by atoms with van der Waals surface area (Å²) in [4.78, 5) is 40.8. The number of aryl methyl sites for hydroxylation is 3. The van der Waals surface area contributed by atoms with Gasteiger partial charge in [0.15, 0.2) is 0 Å². The minimum atomic E-state index is -1.27. The van der Waals surface area contributed by atoms with Gasteiger partial charge in [-0.3, -0.25) is 9.59 Å². The lowest BCUT2D eigenvalue weighted by Gasteiger charge is -2.33. The second-order valence-electron chi connectivity index (χ2n) is 9.58. The molecule has 8 nitrogen and oxygen atoms in total. The van der Waals surface area contributed by atoms with Crippen molar-refractivity contribution in [2.45, 2.75) is 66.2 Å². The summed E-state index contributed by atoms with van der Waals surface area (Å²) in [5.74, 6) is -0.985. The average molecular weight is 484 g/mol. The van der Waals surface area contributed by atoms with Gasteiger partial charge in [-0.1, -0.05) is 48.0 Å². The third-order valence-electron chi connectivity index (χ3n) is 5.44. The largest absolute Gasteiger partial charge is 0.444 e. The van der Waals surface area contributed by atoms with Gasteiger partial charge in [0.25, 0.3) is 5.91 Å². The highest BCUT2D eigenvalue weighted by atomic mass is 16.6. The molecular weight excluding hydrogens is 446 g/mol. The molecule has 0 aliphatic heterocycles. The van der Waals surface area contributed by atoms with Crippen molar-refractivity contribution in [2.75, 3.05) is 18.5 Å². The van der Waals surface area contributed by atoms with Crippen LogP contribution < -0.4 is 10.6 Å². The van der Waals surface area contributed by atoms with Gasteiger partial charge in [-0.25, -0.2) is 4.79 Å². The van der Waals surface area contributed by atoms with Crippen LogP contribution in [-0.2, 0) is 14.3 Å². The van der Waals surface area contributed by atoms with Gasteiger partial charge >= 0.3 is 6.09 Å². The predicted molar refractivity (Wildman–Crippen MR) is 136 cm³/mol. The van der Waals surface area contributed by atoms with Gasteiger partial charge in [-0.15, -0.1) is 0 Å². The fraction of sp³-hybridized carbons (Fsp3) is 0.444. The highest BCUT2D eigenvalue weighted by Crippen LogP contribution is 2.27. The molecule has 35 heavy (non-hydrogen) atoms. The lowest BCUT2D eigenvalue weighted by Crippen LogP contribution is -2.53. The van der Waals surface area contributed by atoms with Gasteiger partial charge in [-0.05, 0) is 65.2 Å². The van der Waals surface area contributed by atoms with Gasteiger partial charge in [0, 0.05) is 12.2 Å². The van der Waals surface area contributed by atoms with Crippen LogP contribution in [0.15, 0.2) is 42.5 Å². The number of amides is 3. The zero-order valence-electron chi connectivity index (χ0n) is 21.6. The number of carbonyl (C=O) groups excluding carboxylic acids is 3. The smallest absolute Gasteiger partial charge is 0.408 e. The van der Waals surface area contributed by atoms with Crippen LogP contribution in [0.2, 0.25) is 0 Å². The fourth-order valence-electron chi connectivity index (χ4n) is 3.82. The standard InChI is InChI=1S/C27H37N3O5/c1-8-30(25(33)21(16-31)28-26(34)35-27(5,6)7)23(20-14-9-11-17(2)15-20)24(32)29-22-18(3)12-10-13-19(22)4/h9-15,21,23,31H,8,16H2,1-7H3,(H,28,34)(H,29,32). The van der Waals surface area contributed by atoms with Crippen LogP contribution in [-0.4, -0.2) is 52.7 Å². The molecule has 0 saturated heterocycles. The van der Waals surface area contributed by atoms with Crippen LogP contribution in [0, 0.1) is 20.8 Å². The molecule has 3 amide bonds. The molecule has 0 saturated carbocycles. The fourth-order valence-corrected chi connectivity index (χ4v) is 3.82. The molecule has 2 aromatic carbocycles. The number of ether oxygens (including phenoxy) is 1. The number of hydrogen-bond donors (Lipinski definition) is 3. The lowest BCUT2D eigenvalue weighted by atomic mass is 10.00. The quantitative estimate of drug-likeness (QED) is 0.526. The lowest BCUT2D eigenvalue weighted by molar-refractivity contribution is -0.141. The molecule has 0 heterocycles. The van der Waals surface area contributed by atoms with E-state index in [0.717, 1.165) is 16.7 Å². The van der Waals surface area contributed by atoms with E-state index in [-0.39, 0.29) is 6.54 Å². The topological polar surface area (TPSA) is 108 Å². The maximum Gasteiger partial charge on any atom is 0.408 e. The molecule has 2 unspecified atom stereocenters. The zero-order chi connectivity index (χ0) is 26.3. The predicted octanol–water partition coefficient (Wildman–Crippen LogP) is 4.03. The van der Waals surface area contributed by atoms with E-state index < -0.39 is 42.2 Å². The molecule has 2 aromatic rings. The third kappa shape index (κ3) is 7.55. The van der Waals surface area contributed by atoms with Crippen molar-refractivity contribution in [1.82, 2.24) is 10.2 Å². The Balaban J connectivity index is 2.43. The Morgan fingerprint density at radius 1 is 1.03 bits per heavy atom. The number of aliphatic hydroxyl groups is 1. The second-order valence-corrected chi connectivity index (χ2v) is 9.58. The number of benzene rings is 2. The summed E-state index contributed by atoms with van der Waals surface area (Å²) in [5, 5.41) is 15.3. The molecule has 3 N–H and O–H groups in total. The monoisotopic (exact) mass is 483 g/mol. The van der Waals surface area contributed by atoms with E-state index in [1.165, 1.54) is 4.90 Å². The molecule has 0 fully saturated rings. The van der Waals surface area contributed by atoms with Crippen LogP contribution in [0.4, 0.5) is 10.5 Å². The zero-order valence-corrected chi connectivity index (χ0v) is 21.6. The van der Waals surface area contributed by atoms with Crippen LogP contribution in [0.1, 0.15) is 56.0 Å². The molecule has 2 atom stereocenters. The van der Waals surface area contributed by atoms with E-state index >= 15 is 0 Å². The van der Waals surface area contributed by atoms with Crippen LogP contribution in [0.5, 0.6) is 0 Å². The first kappa shape index (κ1) is 27.9. The van der Waals surface area contributed by atoms with Crippen molar-refractivity contribution in [2.24, 2.45) is 0 Å². The summed E-state index contributed by atoms with van der Waals surface area (Å²) < 4.78 is 5.24. The van der Waals surface area contributed by atoms with Crippen molar-refractivity contribution < 1.29 is 24.2 Å². The number of nitrogens with one attached hydrogen (secondary N) is 2. The number of hydrogen-bond acceptors (Lipinski definition) is 5. The van der Waals surface area contributed by atoms with E-state index in [2.05, 4.69) is 10.6 Å². The minimum absolute atomic E-state index is 0.171. The van der Waals surface area contributed by atoms with Crippen LogP contribution in [0.25, 0.3) is 0 Å². The van der Waals surface area contributed by atoms with Crippen molar-refractivity contribution >= 4 is 23.6 Å². The van der Waals surface area contributed by atoms with Crippen LogP contribution in [0.3, 0.4) is 0 Å². The molecule has 0 bridgehead atoms. The first-order chi connectivity index (χ1) is 16.4. The minimum Gasteiger partial charge on any atom is -0.444 e. The number of rotatable bonds is 8. The van der Waals surface area contributed by atoms with E-state index in [1.807, 2.05) is 57.2 Å². The third-order valence-corrected chi connectivity index (χ3v) is 5.44. The Labute approximate surface area is 207 Å². The molecule has 190 valence electrons. The van der Waals surface area contributed by atoms with Gasteiger partial charge in [0.1, 0.15) is 17.7 Å². The second kappa shape index (κ2) is 11.8. The van der Waals surface area contributed by atoms with E-state index in [1.54, 1.807) is 33.8 Å². The molecule has 0 aliphatic carbocycles. The average Bonchev–Trinajstić information content (AvgIpc) is 2.76. The summed E-state index contributed by atoms with van der Waals surface area (Å²) in [7, 11) is 0. The molecule has 8 heteroatoms. The SMILES string of the molecule is CCN(C(=O)C(CO)NC(=O)OC(C)(C)C)C(C(=O)Nc1c(C)cccc1C)c1cccc(C)c1. The molecule has 0 radical (unpaired) electrons. The number of para-hydroxylation sites is 1. The molecule has 0 aromatic heterocycles. The summed E-state index contributed by atoms with van der Waals surface area (Å²) in [6, 6.07) is 10.8. The Morgan fingerprint density at radius 2 is 1.63 bits per heavy atom. The number of carbonyl (C=O) groups is 3. The number of anilines is 1. The van der Waals surface area contributed by atoms with Gasteiger partial charge in [-0.2, -0.15) is 0 Å². The number of likely N-dealkylation sites (N-methyl/N-ethyl adjacent to an activating group) is 1. The maximum absolute atomic E-state index is 13.7. The molecular formula is C27H37N3O5. The van der Waals surface area contributed by atoms with Gasteiger partial charge < -0.3 is 25.4 Å². The number of alkyl carbamates (subject to hydrolysis) is 1. The molecule has 2 rings (SSSR count). The summed E-state index contributed by atoms with van der Waals surface area (Å²) in [5.41, 5.74) is 3.27. The van der Waals surface area contributed by atoms with E-state index in [0.29, 0.717) is 11.3 Å². The highest BCUT2D eigenvalue weighted by Gasteiger charge is 2.35. The van der Waals surface area contributed by atoms with Crippen molar-refractivity contribution in [3.8, 4) is 0 Å². The van der Waals surface area contributed by atoms with Crippen molar-refractivity contribution in [3.63, 3.8) is 0 Å². The van der Waals surface area contributed by atoms with Crippen LogP contribution >= 0.6 is 0 Å². The highest BCUT2D eigenvalue weighted by molar-refractivity contribution is 5.99. The van der Waals surface area contributed by atoms with Gasteiger partial charge in [0.2, 0.25) is 5.91 Å². The normalized spacial score (nSPS) is 12.9. The van der Waals surface area contributed by atoms with Crippen molar-refractivity contribution in [3.05, 3.63) is 64.7 Å².